The van der Waals surface area contributed by atoms with Crippen molar-refractivity contribution in [3.05, 3.63) is 42.0 Å². The predicted octanol–water partition coefficient (Wildman–Crippen LogP) is 1.86. The first kappa shape index (κ1) is 15.4. The summed E-state index contributed by atoms with van der Waals surface area (Å²) in [5, 5.41) is 3.16. The Labute approximate surface area is 142 Å². The fourth-order valence-electron chi connectivity index (χ4n) is 4.31. The monoisotopic (exact) mass is 325 g/mol. The molecular formula is C19H23N3O2. The van der Waals surface area contributed by atoms with Crippen molar-refractivity contribution in [2.45, 2.75) is 37.8 Å². The van der Waals surface area contributed by atoms with Gasteiger partial charge in [0.05, 0.1) is 0 Å². The van der Waals surface area contributed by atoms with Crippen LogP contribution in [0.15, 0.2) is 30.8 Å². The van der Waals surface area contributed by atoms with Gasteiger partial charge in [-0.3, -0.25) is 19.4 Å². The van der Waals surface area contributed by atoms with E-state index < -0.39 is 0 Å². The third kappa shape index (κ3) is 2.53. The van der Waals surface area contributed by atoms with Gasteiger partial charge >= 0.3 is 0 Å². The molecular weight excluding hydrogens is 302 g/mol. The standard InChI is InChI=1S/C19H23N3O2/c1-13-14-6-2-3-7-15(14)19(24)22(13)12-18(23)20-16-9-11-21-10-5-4-8-17(16)21/h2-3,6-7,16-17H,1,4-5,8-12H2,(H,20,23)/t16-,17+/m0/s1. The van der Waals surface area contributed by atoms with Gasteiger partial charge in [0.2, 0.25) is 5.91 Å². The number of hydrogen-bond donors (Lipinski definition) is 1. The fraction of sp³-hybridized carbons (Fsp3) is 0.474. The maximum absolute atomic E-state index is 12.5. The lowest BCUT2D eigenvalue weighted by Gasteiger charge is -2.32. The second kappa shape index (κ2) is 6.06. The van der Waals surface area contributed by atoms with E-state index in [1.807, 2.05) is 18.2 Å². The van der Waals surface area contributed by atoms with E-state index in [0.29, 0.717) is 17.3 Å². The summed E-state index contributed by atoms with van der Waals surface area (Å²) < 4.78 is 0. The van der Waals surface area contributed by atoms with Gasteiger partial charge in [0.25, 0.3) is 5.91 Å². The SMILES string of the molecule is C=C1c2ccccc2C(=O)N1CC(=O)N[C@H]1CCN2CCCC[C@H]12. The highest BCUT2D eigenvalue weighted by Crippen LogP contribution is 2.31. The molecule has 1 N–H and O–H groups in total. The number of carbonyl (C=O) groups excluding carboxylic acids is 2. The van der Waals surface area contributed by atoms with Crippen molar-refractivity contribution in [2.75, 3.05) is 19.6 Å². The molecule has 0 spiro atoms. The highest BCUT2D eigenvalue weighted by molar-refractivity contribution is 6.10. The van der Waals surface area contributed by atoms with Gasteiger partial charge in [0.15, 0.2) is 0 Å². The van der Waals surface area contributed by atoms with Crippen LogP contribution in [0.1, 0.15) is 41.6 Å². The number of benzene rings is 1. The molecule has 5 nitrogen and oxygen atoms in total. The van der Waals surface area contributed by atoms with Gasteiger partial charge < -0.3 is 5.32 Å². The number of hydrogen-bond acceptors (Lipinski definition) is 3. The summed E-state index contributed by atoms with van der Waals surface area (Å²) in [7, 11) is 0. The molecule has 2 atom stereocenters. The van der Waals surface area contributed by atoms with Crippen LogP contribution >= 0.6 is 0 Å². The van der Waals surface area contributed by atoms with E-state index in [9.17, 15) is 9.59 Å². The molecule has 5 heteroatoms. The predicted molar refractivity (Wildman–Crippen MR) is 92.3 cm³/mol. The Morgan fingerprint density at radius 2 is 1.96 bits per heavy atom. The van der Waals surface area contributed by atoms with Crippen molar-refractivity contribution in [3.63, 3.8) is 0 Å². The Bertz CT molecular complexity index is 665. The van der Waals surface area contributed by atoms with Gasteiger partial charge in [0, 0.05) is 35.5 Å². The summed E-state index contributed by atoms with van der Waals surface area (Å²) in [6, 6.07) is 8.08. The molecule has 0 bridgehead atoms. The molecule has 0 unspecified atom stereocenters. The molecule has 0 radical (unpaired) electrons. The highest BCUT2D eigenvalue weighted by Gasteiger charge is 2.37. The molecule has 24 heavy (non-hydrogen) atoms. The van der Waals surface area contributed by atoms with Crippen LogP contribution in [-0.2, 0) is 4.79 Å². The Morgan fingerprint density at radius 1 is 1.17 bits per heavy atom. The van der Waals surface area contributed by atoms with Crippen LogP contribution in [0.5, 0.6) is 0 Å². The lowest BCUT2D eigenvalue weighted by Crippen LogP contribution is -2.49. The van der Waals surface area contributed by atoms with Gasteiger partial charge in [-0.1, -0.05) is 31.2 Å². The molecule has 4 rings (SSSR count). The van der Waals surface area contributed by atoms with Gasteiger partial charge in [-0.05, 0) is 31.9 Å². The Balaban J connectivity index is 1.40. The number of amides is 2. The van der Waals surface area contributed by atoms with Gasteiger partial charge in [0.1, 0.15) is 6.54 Å². The third-order valence-electron chi connectivity index (χ3n) is 5.54. The summed E-state index contributed by atoms with van der Waals surface area (Å²) in [6.45, 7) is 6.26. The van der Waals surface area contributed by atoms with E-state index in [0.717, 1.165) is 31.5 Å². The van der Waals surface area contributed by atoms with Crippen molar-refractivity contribution >= 4 is 17.5 Å². The molecule has 3 aliphatic heterocycles. The van der Waals surface area contributed by atoms with Crippen molar-refractivity contribution in [3.8, 4) is 0 Å². The molecule has 1 aromatic carbocycles. The number of carbonyl (C=O) groups is 2. The minimum absolute atomic E-state index is 0.0512. The van der Waals surface area contributed by atoms with E-state index >= 15 is 0 Å². The smallest absolute Gasteiger partial charge is 0.259 e. The lowest BCUT2D eigenvalue weighted by atomic mass is 9.99. The molecule has 2 amide bonds. The fourth-order valence-corrected chi connectivity index (χ4v) is 4.31. The Morgan fingerprint density at radius 3 is 2.75 bits per heavy atom. The van der Waals surface area contributed by atoms with Crippen LogP contribution in [0.25, 0.3) is 5.70 Å². The van der Waals surface area contributed by atoms with Crippen LogP contribution in [0.2, 0.25) is 0 Å². The van der Waals surface area contributed by atoms with Crippen LogP contribution < -0.4 is 5.32 Å². The zero-order valence-corrected chi connectivity index (χ0v) is 13.8. The minimum Gasteiger partial charge on any atom is -0.350 e. The molecule has 0 aromatic heterocycles. The first-order valence-electron chi connectivity index (χ1n) is 8.79. The average Bonchev–Trinajstić information content (AvgIpc) is 3.11. The summed E-state index contributed by atoms with van der Waals surface area (Å²) >= 11 is 0. The molecule has 1 aromatic rings. The molecule has 2 fully saturated rings. The van der Waals surface area contributed by atoms with Gasteiger partial charge in [-0.2, -0.15) is 0 Å². The number of nitrogens with one attached hydrogen (secondary N) is 1. The second-order valence-corrected chi connectivity index (χ2v) is 6.95. The summed E-state index contributed by atoms with van der Waals surface area (Å²) in [5.74, 6) is -0.216. The van der Waals surface area contributed by atoms with E-state index in [1.54, 1.807) is 6.07 Å². The quantitative estimate of drug-likeness (QED) is 0.923. The number of nitrogens with zero attached hydrogens (tertiary/aromatic N) is 2. The largest absolute Gasteiger partial charge is 0.350 e. The summed E-state index contributed by atoms with van der Waals surface area (Å²) in [5.41, 5.74) is 2.08. The van der Waals surface area contributed by atoms with Crippen molar-refractivity contribution in [1.82, 2.24) is 15.1 Å². The maximum Gasteiger partial charge on any atom is 0.259 e. The maximum atomic E-state index is 12.5. The molecule has 3 aliphatic rings. The number of piperidine rings is 1. The normalized spacial score (nSPS) is 26.4. The number of fused-ring (bicyclic) bond motifs is 2. The number of rotatable bonds is 3. The zero-order chi connectivity index (χ0) is 16.7. The Kier molecular flexibility index (Phi) is 3.88. The topological polar surface area (TPSA) is 52.7 Å². The average molecular weight is 325 g/mol. The van der Waals surface area contributed by atoms with Crippen molar-refractivity contribution in [2.24, 2.45) is 0 Å². The molecule has 0 aliphatic carbocycles. The molecule has 2 saturated heterocycles. The first-order valence-corrected chi connectivity index (χ1v) is 8.79. The first-order chi connectivity index (χ1) is 11.6. The van der Waals surface area contributed by atoms with E-state index in [-0.39, 0.29) is 24.4 Å². The van der Waals surface area contributed by atoms with Crippen LogP contribution in [0.4, 0.5) is 0 Å². The third-order valence-corrected chi connectivity index (χ3v) is 5.54. The van der Waals surface area contributed by atoms with E-state index in [4.69, 9.17) is 0 Å². The van der Waals surface area contributed by atoms with Crippen molar-refractivity contribution in [1.29, 1.82) is 0 Å². The highest BCUT2D eigenvalue weighted by atomic mass is 16.2. The second-order valence-electron chi connectivity index (χ2n) is 6.95. The lowest BCUT2D eigenvalue weighted by molar-refractivity contribution is -0.122. The van der Waals surface area contributed by atoms with E-state index in [1.165, 1.54) is 17.7 Å². The zero-order valence-electron chi connectivity index (χ0n) is 13.8. The van der Waals surface area contributed by atoms with E-state index in [2.05, 4.69) is 16.8 Å². The molecule has 126 valence electrons. The minimum atomic E-state index is -0.128. The van der Waals surface area contributed by atoms with Gasteiger partial charge in [-0.25, -0.2) is 0 Å². The summed E-state index contributed by atoms with van der Waals surface area (Å²) in [4.78, 5) is 29.0. The molecule has 0 saturated carbocycles. The van der Waals surface area contributed by atoms with Crippen LogP contribution in [0, 0.1) is 0 Å². The molecule has 3 heterocycles. The van der Waals surface area contributed by atoms with Crippen LogP contribution in [0.3, 0.4) is 0 Å². The summed E-state index contributed by atoms with van der Waals surface area (Å²) in [6.07, 6.45) is 4.67. The van der Waals surface area contributed by atoms with Gasteiger partial charge in [-0.15, -0.1) is 0 Å². The van der Waals surface area contributed by atoms with Crippen molar-refractivity contribution < 1.29 is 9.59 Å². The Hall–Kier alpha value is -2.14. The van der Waals surface area contributed by atoms with Crippen LogP contribution in [-0.4, -0.2) is 53.3 Å².